The van der Waals surface area contributed by atoms with Crippen molar-refractivity contribution in [2.24, 2.45) is 0 Å². The summed E-state index contributed by atoms with van der Waals surface area (Å²) in [7, 11) is -4.97. The van der Waals surface area contributed by atoms with E-state index in [0.717, 1.165) is 12.1 Å². The first kappa shape index (κ1) is 19.5. The van der Waals surface area contributed by atoms with Gasteiger partial charge in [0, 0.05) is 11.1 Å². The molecule has 0 bridgehead atoms. The van der Waals surface area contributed by atoms with Crippen LogP contribution in [0.3, 0.4) is 0 Å². The molecule has 9 heteroatoms. The van der Waals surface area contributed by atoms with Crippen molar-refractivity contribution in [2.75, 3.05) is 6.61 Å². The highest BCUT2D eigenvalue weighted by atomic mass is 79.9. The van der Waals surface area contributed by atoms with E-state index in [9.17, 15) is 23.6 Å². The lowest BCUT2D eigenvalue weighted by Gasteiger charge is -2.26. The van der Waals surface area contributed by atoms with E-state index < -0.39 is 43.7 Å². The van der Waals surface area contributed by atoms with Gasteiger partial charge < -0.3 is 5.11 Å². The lowest BCUT2D eigenvalue weighted by molar-refractivity contribution is -0.579. The predicted molar refractivity (Wildman–Crippen MR) is 93.0 cm³/mol. The van der Waals surface area contributed by atoms with E-state index in [4.69, 9.17) is 0 Å². The maximum absolute atomic E-state index is 15.6. The van der Waals surface area contributed by atoms with Gasteiger partial charge in [-0.3, -0.25) is 10.1 Å². The van der Waals surface area contributed by atoms with Crippen LogP contribution < -0.4 is 0 Å². The molecule has 0 amide bonds. The van der Waals surface area contributed by atoms with Crippen LogP contribution in [0.1, 0.15) is 17.9 Å². The average molecular weight is 432 g/mol. The maximum Gasteiger partial charge on any atom is 0.469 e. The Morgan fingerprint density at radius 3 is 2.20 bits per heavy atom. The van der Waals surface area contributed by atoms with Gasteiger partial charge in [-0.05, 0) is 36.2 Å². The number of nitrogens with zero attached hydrogens (tertiary/aromatic N) is 1. The SMILES string of the molecule is O=[N+]([O-])[C@](F)([C@@H](CCO)c1ccc(Br)cc1)S(=O)(=O)c1ccccc1. The van der Waals surface area contributed by atoms with Crippen LogP contribution in [0.2, 0.25) is 0 Å². The van der Waals surface area contributed by atoms with Crippen LogP contribution in [-0.4, -0.2) is 30.2 Å². The molecule has 2 rings (SSSR count). The lowest BCUT2D eigenvalue weighted by atomic mass is 9.94. The Morgan fingerprint density at radius 2 is 1.72 bits per heavy atom. The molecule has 0 unspecified atom stereocenters. The van der Waals surface area contributed by atoms with Crippen molar-refractivity contribution >= 4 is 25.8 Å². The maximum atomic E-state index is 15.6. The molecule has 0 heterocycles. The van der Waals surface area contributed by atoms with Gasteiger partial charge in [-0.25, -0.2) is 8.42 Å². The Hall–Kier alpha value is -1.84. The first-order valence-electron chi connectivity index (χ1n) is 7.24. The predicted octanol–water partition coefficient (Wildman–Crippen LogP) is 3.29. The first-order chi connectivity index (χ1) is 11.7. The standard InChI is InChI=1S/C16H15BrFNO5S/c17-13-8-6-12(7-9-13)15(10-11-20)16(18,19(21)22)25(23,24)14-4-2-1-3-5-14/h1-9,15,20H,10-11H2/t15-,16+/m0/s1. The largest absolute Gasteiger partial charge is 0.469 e. The number of aliphatic hydroxyl groups is 1. The van der Waals surface area contributed by atoms with Crippen molar-refractivity contribution in [1.29, 1.82) is 0 Å². The molecule has 2 aromatic carbocycles. The first-order valence-corrected chi connectivity index (χ1v) is 9.52. The van der Waals surface area contributed by atoms with E-state index in [2.05, 4.69) is 15.9 Å². The van der Waals surface area contributed by atoms with E-state index in [1.54, 1.807) is 0 Å². The third-order valence-corrected chi connectivity index (χ3v) is 6.41. The van der Waals surface area contributed by atoms with Crippen molar-refractivity contribution in [2.45, 2.75) is 22.4 Å². The minimum atomic E-state index is -4.97. The molecule has 2 aromatic rings. The zero-order chi connectivity index (χ0) is 18.7. The normalized spacial score (nSPS) is 15.3. The van der Waals surface area contributed by atoms with Gasteiger partial charge in [0.1, 0.15) is 5.92 Å². The Balaban J connectivity index is 2.67. The molecule has 0 aliphatic carbocycles. The van der Waals surface area contributed by atoms with Crippen molar-refractivity contribution in [3.05, 3.63) is 74.7 Å². The number of hydrogen-bond donors (Lipinski definition) is 1. The van der Waals surface area contributed by atoms with Crippen LogP contribution >= 0.6 is 15.9 Å². The van der Waals surface area contributed by atoms with Crippen molar-refractivity contribution < 1.29 is 22.8 Å². The third kappa shape index (κ3) is 3.58. The average Bonchev–Trinajstić information content (AvgIpc) is 2.60. The van der Waals surface area contributed by atoms with Crippen molar-refractivity contribution in [3.63, 3.8) is 0 Å². The number of rotatable bonds is 7. The quantitative estimate of drug-likeness (QED) is 0.412. The fraction of sp³-hybridized carbons (Fsp3) is 0.250. The Kier molecular flexibility index (Phi) is 5.91. The van der Waals surface area contributed by atoms with Gasteiger partial charge in [-0.1, -0.05) is 46.3 Å². The van der Waals surface area contributed by atoms with Crippen LogP contribution in [0.4, 0.5) is 4.39 Å². The number of alkyl halides is 1. The Labute approximate surface area is 152 Å². The van der Waals surface area contributed by atoms with Gasteiger partial charge in [0.15, 0.2) is 0 Å². The van der Waals surface area contributed by atoms with E-state index in [1.807, 2.05) is 0 Å². The molecule has 1 N–H and O–H groups in total. The van der Waals surface area contributed by atoms with Crippen molar-refractivity contribution in [1.82, 2.24) is 0 Å². The highest BCUT2D eigenvalue weighted by molar-refractivity contribution is 9.10. The fourth-order valence-electron chi connectivity index (χ4n) is 2.55. The minimum Gasteiger partial charge on any atom is -0.396 e. The number of aliphatic hydroxyl groups excluding tert-OH is 1. The number of sulfone groups is 1. The summed E-state index contributed by atoms with van der Waals surface area (Å²) in [6.45, 7) is -0.607. The molecule has 0 aliphatic rings. The molecule has 0 fully saturated rings. The summed E-state index contributed by atoms with van der Waals surface area (Å²) in [6, 6.07) is 12.3. The van der Waals surface area contributed by atoms with Crippen LogP contribution in [-0.2, 0) is 9.84 Å². The second-order valence-electron chi connectivity index (χ2n) is 5.30. The Morgan fingerprint density at radius 1 is 1.16 bits per heavy atom. The van der Waals surface area contributed by atoms with Gasteiger partial charge in [0.2, 0.25) is 0 Å². The number of benzene rings is 2. The summed E-state index contributed by atoms with van der Waals surface area (Å²) in [5.74, 6) is -1.68. The van der Waals surface area contributed by atoms with E-state index in [-0.39, 0.29) is 5.56 Å². The summed E-state index contributed by atoms with van der Waals surface area (Å²) < 4.78 is 41.7. The van der Waals surface area contributed by atoms with E-state index in [0.29, 0.717) is 4.47 Å². The molecule has 0 saturated heterocycles. The van der Waals surface area contributed by atoms with Gasteiger partial charge >= 0.3 is 5.12 Å². The van der Waals surface area contributed by atoms with Gasteiger partial charge in [0.25, 0.3) is 9.84 Å². The van der Waals surface area contributed by atoms with Crippen LogP contribution in [0, 0.1) is 10.1 Å². The van der Waals surface area contributed by atoms with Crippen molar-refractivity contribution in [3.8, 4) is 0 Å². The van der Waals surface area contributed by atoms with Gasteiger partial charge in [0.05, 0.1) is 9.82 Å². The molecular weight excluding hydrogens is 417 g/mol. The number of halogens is 2. The summed E-state index contributed by atoms with van der Waals surface area (Å²) in [5, 5.41) is 17.0. The summed E-state index contributed by atoms with van der Waals surface area (Å²) >= 11 is 3.19. The second-order valence-corrected chi connectivity index (χ2v) is 8.27. The molecule has 25 heavy (non-hydrogen) atoms. The summed E-state index contributed by atoms with van der Waals surface area (Å²) in [6.07, 6.45) is -0.425. The molecule has 0 aliphatic heterocycles. The molecule has 134 valence electrons. The number of nitro groups is 1. The molecule has 2 atom stereocenters. The van der Waals surface area contributed by atoms with Crippen LogP contribution in [0.5, 0.6) is 0 Å². The highest BCUT2D eigenvalue weighted by Gasteiger charge is 2.63. The molecule has 0 spiro atoms. The zero-order valence-corrected chi connectivity index (χ0v) is 15.3. The monoisotopic (exact) mass is 431 g/mol. The third-order valence-electron chi connectivity index (χ3n) is 3.80. The van der Waals surface area contributed by atoms with Gasteiger partial charge in [-0.15, -0.1) is 4.39 Å². The minimum absolute atomic E-state index is 0.107. The van der Waals surface area contributed by atoms with Gasteiger partial charge in [-0.2, -0.15) is 0 Å². The Bertz CT molecular complexity index is 845. The van der Waals surface area contributed by atoms with E-state index >= 15 is 4.39 Å². The number of hydrogen-bond acceptors (Lipinski definition) is 5. The summed E-state index contributed by atoms with van der Waals surface area (Å²) in [5.41, 5.74) is 0.107. The molecule has 0 aromatic heterocycles. The smallest absolute Gasteiger partial charge is 0.396 e. The fourth-order valence-corrected chi connectivity index (χ4v) is 4.49. The van der Waals surface area contributed by atoms with Crippen LogP contribution in [0.15, 0.2) is 64.0 Å². The molecule has 0 radical (unpaired) electrons. The lowest BCUT2D eigenvalue weighted by Crippen LogP contribution is -2.47. The molecule has 6 nitrogen and oxygen atoms in total. The zero-order valence-electron chi connectivity index (χ0n) is 12.9. The van der Waals surface area contributed by atoms with Crippen LogP contribution in [0.25, 0.3) is 0 Å². The highest BCUT2D eigenvalue weighted by Crippen LogP contribution is 2.42. The second kappa shape index (κ2) is 7.59. The molecular formula is C16H15BrFNO5S. The topological polar surface area (TPSA) is 97.5 Å². The summed E-state index contributed by atoms with van der Waals surface area (Å²) in [4.78, 5) is 9.63. The molecule has 0 saturated carbocycles. The van der Waals surface area contributed by atoms with E-state index in [1.165, 1.54) is 42.5 Å².